The molecule has 26 heavy (non-hydrogen) atoms. The third-order valence-electron chi connectivity index (χ3n) is 3.93. The number of aryl methyl sites for hydroxylation is 1. The summed E-state index contributed by atoms with van der Waals surface area (Å²) in [7, 11) is 0. The minimum atomic E-state index is 0.715. The van der Waals surface area contributed by atoms with Crippen molar-refractivity contribution in [3.05, 3.63) is 36.3 Å². The molecule has 3 aromatic heterocycles. The van der Waals surface area contributed by atoms with Gasteiger partial charge in [0, 0.05) is 36.7 Å². The normalized spacial score (nSPS) is 14.6. The standard InChI is InChI=1S/C17H18N6OS2/c1-2-13-11-14(20-15(19-13)12-3-5-18-6-4-12)25-17-22-21-16(26-17)23-7-9-24-10-8-23/h3-6,11H,2,7-10H2,1H3. The molecule has 0 bridgehead atoms. The minimum Gasteiger partial charge on any atom is -0.378 e. The molecular weight excluding hydrogens is 368 g/mol. The molecule has 0 aromatic carbocycles. The predicted molar refractivity (Wildman–Crippen MR) is 102 cm³/mol. The van der Waals surface area contributed by atoms with E-state index in [0.717, 1.165) is 58.5 Å². The van der Waals surface area contributed by atoms with Crippen LogP contribution in [0.1, 0.15) is 12.6 Å². The van der Waals surface area contributed by atoms with Crippen LogP contribution in [0.4, 0.5) is 5.13 Å². The zero-order valence-electron chi connectivity index (χ0n) is 14.3. The van der Waals surface area contributed by atoms with E-state index in [4.69, 9.17) is 9.72 Å². The summed E-state index contributed by atoms with van der Waals surface area (Å²) < 4.78 is 6.27. The van der Waals surface area contributed by atoms with Gasteiger partial charge in [0.25, 0.3) is 0 Å². The van der Waals surface area contributed by atoms with E-state index in [9.17, 15) is 0 Å². The van der Waals surface area contributed by atoms with E-state index in [1.165, 1.54) is 11.8 Å². The van der Waals surface area contributed by atoms with Crippen molar-refractivity contribution < 1.29 is 4.74 Å². The third-order valence-corrected chi connectivity index (χ3v) is 5.88. The van der Waals surface area contributed by atoms with Gasteiger partial charge >= 0.3 is 0 Å². The van der Waals surface area contributed by atoms with E-state index in [1.54, 1.807) is 23.7 Å². The number of hydrogen-bond donors (Lipinski definition) is 0. The van der Waals surface area contributed by atoms with Crippen LogP contribution in [0.5, 0.6) is 0 Å². The van der Waals surface area contributed by atoms with E-state index in [0.29, 0.717) is 5.82 Å². The van der Waals surface area contributed by atoms with Gasteiger partial charge in [-0.1, -0.05) is 18.3 Å². The van der Waals surface area contributed by atoms with Crippen LogP contribution in [-0.2, 0) is 11.2 Å². The second kappa shape index (κ2) is 8.07. The lowest BCUT2D eigenvalue weighted by Gasteiger charge is -2.25. The fourth-order valence-corrected chi connectivity index (χ4v) is 4.42. The largest absolute Gasteiger partial charge is 0.378 e. The highest BCUT2D eigenvalue weighted by Crippen LogP contribution is 2.33. The Hall–Kier alpha value is -2.10. The Morgan fingerprint density at radius 1 is 1.15 bits per heavy atom. The van der Waals surface area contributed by atoms with Gasteiger partial charge in [-0.05, 0) is 36.4 Å². The molecule has 134 valence electrons. The number of aromatic nitrogens is 5. The average molecular weight is 387 g/mol. The summed E-state index contributed by atoms with van der Waals surface area (Å²) in [6.45, 7) is 5.29. The molecule has 0 aliphatic carbocycles. The van der Waals surface area contributed by atoms with Crippen LogP contribution in [0, 0.1) is 0 Å². The van der Waals surface area contributed by atoms with Gasteiger partial charge in [-0.2, -0.15) is 0 Å². The first-order valence-electron chi connectivity index (χ1n) is 8.44. The highest BCUT2D eigenvalue weighted by molar-refractivity contribution is 8.01. The molecule has 1 aliphatic rings. The fourth-order valence-electron chi connectivity index (χ4n) is 2.55. The molecule has 0 N–H and O–H groups in total. The summed E-state index contributed by atoms with van der Waals surface area (Å²) in [6.07, 6.45) is 4.36. The Morgan fingerprint density at radius 2 is 1.96 bits per heavy atom. The summed E-state index contributed by atoms with van der Waals surface area (Å²) in [4.78, 5) is 15.6. The van der Waals surface area contributed by atoms with Crippen LogP contribution in [0.2, 0.25) is 0 Å². The molecule has 4 heterocycles. The molecule has 1 aliphatic heterocycles. The summed E-state index contributed by atoms with van der Waals surface area (Å²) in [5.41, 5.74) is 1.97. The Balaban J connectivity index is 1.57. The molecule has 0 atom stereocenters. The molecule has 3 aromatic rings. The summed E-state index contributed by atoms with van der Waals surface area (Å²) >= 11 is 3.12. The zero-order chi connectivity index (χ0) is 17.8. The Bertz CT molecular complexity index is 867. The van der Waals surface area contributed by atoms with Gasteiger partial charge in [-0.15, -0.1) is 10.2 Å². The maximum Gasteiger partial charge on any atom is 0.209 e. The summed E-state index contributed by atoms with van der Waals surface area (Å²) in [6, 6.07) is 5.86. The van der Waals surface area contributed by atoms with Crippen molar-refractivity contribution in [2.45, 2.75) is 22.7 Å². The number of ether oxygens (including phenoxy) is 1. The first-order valence-corrected chi connectivity index (χ1v) is 10.1. The average Bonchev–Trinajstić information content (AvgIpc) is 3.17. The monoisotopic (exact) mass is 386 g/mol. The first-order chi connectivity index (χ1) is 12.8. The maximum absolute atomic E-state index is 5.39. The van der Waals surface area contributed by atoms with E-state index in [-0.39, 0.29) is 0 Å². The number of anilines is 1. The lowest BCUT2D eigenvalue weighted by Crippen LogP contribution is -2.36. The molecule has 0 amide bonds. The molecule has 9 heteroatoms. The number of rotatable bonds is 5. The Kier molecular flexibility index (Phi) is 5.37. The second-order valence-corrected chi connectivity index (χ2v) is 7.89. The van der Waals surface area contributed by atoms with Crippen LogP contribution in [-0.4, -0.2) is 51.5 Å². The first kappa shape index (κ1) is 17.3. The molecule has 1 fully saturated rings. The van der Waals surface area contributed by atoms with Crippen LogP contribution in [0.3, 0.4) is 0 Å². The molecular formula is C17H18N6OS2. The zero-order valence-corrected chi connectivity index (χ0v) is 16.0. The minimum absolute atomic E-state index is 0.715. The van der Waals surface area contributed by atoms with E-state index in [2.05, 4.69) is 32.0 Å². The van der Waals surface area contributed by atoms with Gasteiger partial charge in [-0.25, -0.2) is 9.97 Å². The van der Waals surface area contributed by atoms with Crippen LogP contribution in [0.15, 0.2) is 40.0 Å². The topological polar surface area (TPSA) is 76.9 Å². The highest BCUT2D eigenvalue weighted by Gasteiger charge is 2.17. The molecule has 1 saturated heterocycles. The molecule has 0 saturated carbocycles. The van der Waals surface area contributed by atoms with Crippen molar-refractivity contribution in [1.29, 1.82) is 0 Å². The Labute approximate surface area is 159 Å². The number of hydrogen-bond acceptors (Lipinski definition) is 9. The highest BCUT2D eigenvalue weighted by atomic mass is 32.2. The lowest BCUT2D eigenvalue weighted by atomic mass is 10.2. The van der Waals surface area contributed by atoms with Gasteiger partial charge in [0.15, 0.2) is 10.2 Å². The van der Waals surface area contributed by atoms with Gasteiger partial charge < -0.3 is 9.64 Å². The van der Waals surface area contributed by atoms with Crippen LogP contribution in [0.25, 0.3) is 11.4 Å². The molecule has 4 rings (SSSR count). The molecule has 0 spiro atoms. The Morgan fingerprint density at radius 3 is 2.73 bits per heavy atom. The molecule has 0 unspecified atom stereocenters. The number of nitrogens with zero attached hydrogens (tertiary/aromatic N) is 6. The second-order valence-electron chi connectivity index (χ2n) is 5.66. The van der Waals surface area contributed by atoms with Crippen molar-refractivity contribution in [1.82, 2.24) is 25.1 Å². The lowest BCUT2D eigenvalue weighted by molar-refractivity contribution is 0.122. The smallest absolute Gasteiger partial charge is 0.209 e. The summed E-state index contributed by atoms with van der Waals surface area (Å²) in [5.74, 6) is 0.715. The van der Waals surface area contributed by atoms with Crippen molar-refractivity contribution in [3.63, 3.8) is 0 Å². The molecule has 7 nitrogen and oxygen atoms in total. The molecule has 0 radical (unpaired) electrons. The van der Waals surface area contributed by atoms with Gasteiger partial charge in [0.05, 0.1) is 13.2 Å². The number of morpholine rings is 1. The fraction of sp³-hybridized carbons (Fsp3) is 0.353. The van der Waals surface area contributed by atoms with Crippen molar-refractivity contribution in [3.8, 4) is 11.4 Å². The van der Waals surface area contributed by atoms with Crippen LogP contribution < -0.4 is 4.90 Å². The van der Waals surface area contributed by atoms with Crippen LogP contribution >= 0.6 is 23.1 Å². The SMILES string of the molecule is CCc1cc(Sc2nnc(N3CCOCC3)s2)nc(-c2ccncc2)n1. The predicted octanol–water partition coefficient (Wildman–Crippen LogP) is 2.94. The van der Waals surface area contributed by atoms with E-state index < -0.39 is 0 Å². The quantitative estimate of drug-likeness (QED) is 0.620. The van der Waals surface area contributed by atoms with Gasteiger partial charge in [0.1, 0.15) is 5.03 Å². The van der Waals surface area contributed by atoms with E-state index in [1.807, 2.05) is 18.2 Å². The summed E-state index contributed by atoms with van der Waals surface area (Å²) in [5, 5.41) is 10.5. The van der Waals surface area contributed by atoms with Crippen molar-refractivity contribution >= 4 is 28.2 Å². The van der Waals surface area contributed by atoms with Gasteiger partial charge in [0.2, 0.25) is 5.13 Å². The van der Waals surface area contributed by atoms with E-state index >= 15 is 0 Å². The van der Waals surface area contributed by atoms with Crippen molar-refractivity contribution in [2.24, 2.45) is 0 Å². The van der Waals surface area contributed by atoms with Crippen molar-refractivity contribution in [2.75, 3.05) is 31.2 Å². The third kappa shape index (κ3) is 4.00. The number of pyridine rings is 1. The maximum atomic E-state index is 5.39. The van der Waals surface area contributed by atoms with Gasteiger partial charge in [-0.3, -0.25) is 4.98 Å².